The van der Waals surface area contributed by atoms with Crippen molar-refractivity contribution in [1.29, 1.82) is 0 Å². The van der Waals surface area contributed by atoms with Gasteiger partial charge in [-0.25, -0.2) is 9.18 Å². The molecule has 0 saturated carbocycles. The molecule has 0 spiro atoms. The van der Waals surface area contributed by atoms with E-state index in [1.807, 2.05) is 0 Å². The highest BCUT2D eigenvalue weighted by Gasteiger charge is 2.14. The second-order valence-corrected chi connectivity index (χ2v) is 2.75. The molecule has 0 aliphatic rings. The number of nitrogen functional groups attached to an aromatic ring is 1. The number of halogens is 2. The van der Waals surface area contributed by atoms with E-state index in [0.29, 0.717) is 0 Å². The number of hydrogen-bond donors (Lipinski definition) is 1. The van der Waals surface area contributed by atoms with Crippen molar-refractivity contribution in [2.75, 3.05) is 12.8 Å². The average Bonchev–Trinajstić information content (AvgIpc) is 2.10. The van der Waals surface area contributed by atoms with Crippen LogP contribution in [0.3, 0.4) is 0 Å². The van der Waals surface area contributed by atoms with E-state index >= 15 is 0 Å². The molecule has 0 atom stereocenters. The third-order valence-electron chi connectivity index (χ3n) is 1.49. The van der Waals surface area contributed by atoms with Crippen LogP contribution < -0.4 is 5.73 Å². The van der Waals surface area contributed by atoms with Crippen LogP contribution in [0.2, 0.25) is 5.02 Å². The first-order valence-corrected chi connectivity index (χ1v) is 3.77. The van der Waals surface area contributed by atoms with Crippen LogP contribution in [0, 0.1) is 5.82 Å². The highest BCUT2D eigenvalue weighted by atomic mass is 35.5. The van der Waals surface area contributed by atoms with Gasteiger partial charge in [-0.05, 0) is 12.1 Å². The average molecular weight is 204 g/mol. The molecule has 0 bridgehead atoms. The van der Waals surface area contributed by atoms with Gasteiger partial charge in [0.15, 0.2) is 0 Å². The quantitative estimate of drug-likeness (QED) is 0.560. The van der Waals surface area contributed by atoms with Gasteiger partial charge in [-0.1, -0.05) is 11.6 Å². The molecule has 3 nitrogen and oxygen atoms in total. The second-order valence-electron chi connectivity index (χ2n) is 2.35. The topological polar surface area (TPSA) is 52.3 Å². The lowest BCUT2D eigenvalue weighted by Gasteiger charge is -2.03. The summed E-state index contributed by atoms with van der Waals surface area (Å²) in [6.45, 7) is 0. The molecule has 0 fully saturated rings. The fourth-order valence-corrected chi connectivity index (χ4v) is 0.992. The van der Waals surface area contributed by atoms with Crippen molar-refractivity contribution in [1.82, 2.24) is 0 Å². The van der Waals surface area contributed by atoms with Crippen LogP contribution in [0.25, 0.3) is 0 Å². The number of benzene rings is 1. The molecule has 0 unspecified atom stereocenters. The Morgan fingerprint density at radius 2 is 2.23 bits per heavy atom. The predicted octanol–water partition coefficient (Wildman–Crippen LogP) is 1.85. The molecule has 0 aliphatic heterocycles. The number of rotatable bonds is 1. The molecule has 0 aromatic heterocycles. The van der Waals surface area contributed by atoms with E-state index in [-0.39, 0.29) is 16.3 Å². The van der Waals surface area contributed by atoms with E-state index in [2.05, 4.69) is 4.74 Å². The Balaban J connectivity index is 3.23. The van der Waals surface area contributed by atoms with E-state index in [4.69, 9.17) is 17.3 Å². The van der Waals surface area contributed by atoms with Crippen molar-refractivity contribution in [2.45, 2.75) is 0 Å². The Bertz CT molecular complexity index is 354. The van der Waals surface area contributed by atoms with Gasteiger partial charge in [0.2, 0.25) is 0 Å². The van der Waals surface area contributed by atoms with E-state index in [1.165, 1.54) is 0 Å². The molecular formula is C8H7ClFNO2. The zero-order chi connectivity index (χ0) is 10.0. The van der Waals surface area contributed by atoms with Crippen LogP contribution in [0.15, 0.2) is 12.1 Å². The first kappa shape index (κ1) is 9.80. The summed E-state index contributed by atoms with van der Waals surface area (Å²) >= 11 is 5.59. The maximum absolute atomic E-state index is 13.0. The Hall–Kier alpha value is -1.29. The smallest absolute Gasteiger partial charge is 0.340 e. The fraction of sp³-hybridized carbons (Fsp3) is 0.125. The van der Waals surface area contributed by atoms with Gasteiger partial charge in [0, 0.05) is 0 Å². The Labute approximate surface area is 79.2 Å². The van der Waals surface area contributed by atoms with Gasteiger partial charge in [-0.2, -0.15) is 0 Å². The van der Waals surface area contributed by atoms with E-state index in [0.717, 1.165) is 19.2 Å². The highest BCUT2D eigenvalue weighted by Crippen LogP contribution is 2.22. The monoisotopic (exact) mass is 203 g/mol. The lowest BCUT2D eigenvalue weighted by atomic mass is 10.2. The molecular weight excluding hydrogens is 197 g/mol. The largest absolute Gasteiger partial charge is 0.465 e. The minimum Gasteiger partial charge on any atom is -0.465 e. The van der Waals surface area contributed by atoms with Gasteiger partial charge in [-0.15, -0.1) is 0 Å². The SMILES string of the molecule is COC(=O)c1cc(Cl)c(N)cc1F. The number of anilines is 1. The third kappa shape index (κ3) is 1.89. The summed E-state index contributed by atoms with van der Waals surface area (Å²) in [6.07, 6.45) is 0. The van der Waals surface area contributed by atoms with Gasteiger partial charge in [0.1, 0.15) is 5.82 Å². The molecule has 0 aliphatic carbocycles. The summed E-state index contributed by atoms with van der Waals surface area (Å²) < 4.78 is 17.4. The van der Waals surface area contributed by atoms with Crippen molar-refractivity contribution in [2.24, 2.45) is 0 Å². The fourth-order valence-electron chi connectivity index (χ4n) is 0.829. The lowest BCUT2D eigenvalue weighted by Crippen LogP contribution is -2.05. The molecule has 1 rings (SSSR count). The van der Waals surface area contributed by atoms with Gasteiger partial charge >= 0.3 is 5.97 Å². The van der Waals surface area contributed by atoms with Crippen LogP contribution in [0.5, 0.6) is 0 Å². The maximum atomic E-state index is 13.0. The molecule has 0 radical (unpaired) electrons. The van der Waals surface area contributed by atoms with Crippen LogP contribution in [-0.4, -0.2) is 13.1 Å². The van der Waals surface area contributed by atoms with E-state index in [9.17, 15) is 9.18 Å². The van der Waals surface area contributed by atoms with Crippen LogP contribution >= 0.6 is 11.6 Å². The molecule has 5 heteroatoms. The lowest BCUT2D eigenvalue weighted by molar-refractivity contribution is 0.0595. The Morgan fingerprint density at radius 1 is 1.62 bits per heavy atom. The van der Waals surface area contributed by atoms with Crippen LogP contribution in [0.1, 0.15) is 10.4 Å². The van der Waals surface area contributed by atoms with Crippen molar-refractivity contribution >= 4 is 23.3 Å². The predicted molar refractivity (Wildman–Crippen MR) is 47.2 cm³/mol. The van der Waals surface area contributed by atoms with Gasteiger partial charge in [0.25, 0.3) is 0 Å². The minimum atomic E-state index is -0.778. The van der Waals surface area contributed by atoms with Gasteiger partial charge in [-0.3, -0.25) is 0 Å². The molecule has 70 valence electrons. The van der Waals surface area contributed by atoms with Crippen molar-refractivity contribution < 1.29 is 13.9 Å². The van der Waals surface area contributed by atoms with Crippen molar-refractivity contribution in [3.8, 4) is 0 Å². The number of hydrogen-bond acceptors (Lipinski definition) is 3. The Morgan fingerprint density at radius 3 is 2.77 bits per heavy atom. The maximum Gasteiger partial charge on any atom is 0.340 e. The summed E-state index contributed by atoms with van der Waals surface area (Å²) in [5.41, 5.74) is 5.18. The third-order valence-corrected chi connectivity index (χ3v) is 1.82. The molecule has 0 heterocycles. The number of methoxy groups -OCH3 is 1. The van der Waals surface area contributed by atoms with E-state index < -0.39 is 11.8 Å². The highest BCUT2D eigenvalue weighted by molar-refractivity contribution is 6.33. The molecule has 2 N–H and O–H groups in total. The number of carbonyl (C=O) groups is 1. The van der Waals surface area contributed by atoms with Crippen LogP contribution in [0.4, 0.5) is 10.1 Å². The minimum absolute atomic E-state index is 0.0896. The zero-order valence-electron chi connectivity index (χ0n) is 6.80. The second kappa shape index (κ2) is 3.62. The van der Waals surface area contributed by atoms with Crippen LogP contribution in [-0.2, 0) is 4.74 Å². The number of nitrogens with two attached hydrogens (primary N) is 1. The van der Waals surface area contributed by atoms with Crippen molar-refractivity contribution in [3.05, 3.63) is 28.5 Å². The summed E-state index contributed by atoms with van der Waals surface area (Å²) in [6, 6.07) is 2.12. The summed E-state index contributed by atoms with van der Waals surface area (Å²) in [5, 5.41) is 0.127. The number of carbonyl (C=O) groups excluding carboxylic acids is 1. The van der Waals surface area contributed by atoms with Crippen molar-refractivity contribution in [3.63, 3.8) is 0 Å². The molecule has 1 aromatic rings. The summed E-state index contributed by atoms with van der Waals surface area (Å²) in [5.74, 6) is -1.52. The number of ether oxygens (including phenoxy) is 1. The first-order chi connectivity index (χ1) is 6.06. The standard InChI is InChI=1S/C8H7ClFNO2/c1-13-8(12)4-2-5(9)7(11)3-6(4)10/h2-3H,11H2,1H3. The molecule has 0 saturated heterocycles. The summed E-state index contributed by atoms with van der Waals surface area (Å²) in [7, 11) is 1.16. The van der Waals surface area contributed by atoms with Gasteiger partial charge in [0.05, 0.1) is 23.4 Å². The number of esters is 1. The zero-order valence-corrected chi connectivity index (χ0v) is 7.56. The normalized spacial score (nSPS) is 9.77. The van der Waals surface area contributed by atoms with Gasteiger partial charge < -0.3 is 10.5 Å². The van der Waals surface area contributed by atoms with E-state index in [1.54, 1.807) is 0 Å². The Kier molecular flexibility index (Phi) is 2.72. The summed E-state index contributed by atoms with van der Waals surface area (Å²) in [4.78, 5) is 10.9. The molecule has 0 amide bonds. The molecule has 13 heavy (non-hydrogen) atoms. The first-order valence-electron chi connectivity index (χ1n) is 3.39. The molecule has 1 aromatic carbocycles.